The van der Waals surface area contributed by atoms with Gasteiger partial charge in [0.05, 0.1) is 6.61 Å². The van der Waals surface area contributed by atoms with Crippen molar-refractivity contribution in [1.82, 2.24) is 10.3 Å². The van der Waals surface area contributed by atoms with Crippen molar-refractivity contribution < 1.29 is 4.74 Å². The topological polar surface area (TPSA) is 34.1 Å². The van der Waals surface area contributed by atoms with E-state index in [9.17, 15) is 0 Å². The van der Waals surface area contributed by atoms with E-state index in [4.69, 9.17) is 4.74 Å². The summed E-state index contributed by atoms with van der Waals surface area (Å²) in [5, 5.41) is 5.41. The van der Waals surface area contributed by atoms with Crippen LogP contribution in [0, 0.1) is 6.92 Å². The average Bonchev–Trinajstić information content (AvgIpc) is 2.83. The maximum atomic E-state index is 5.01. The zero-order valence-corrected chi connectivity index (χ0v) is 14.7. The van der Waals surface area contributed by atoms with Crippen molar-refractivity contribution in [3.63, 3.8) is 0 Å². The molecule has 0 aliphatic heterocycles. The molecule has 2 aromatic rings. The Morgan fingerprint density at radius 2 is 2.30 bits per heavy atom. The van der Waals surface area contributed by atoms with Crippen LogP contribution in [0.5, 0.6) is 0 Å². The van der Waals surface area contributed by atoms with Crippen LogP contribution in [0.15, 0.2) is 37.3 Å². The number of hydrogen-bond donors (Lipinski definition) is 1. The number of halogens is 1. The van der Waals surface area contributed by atoms with Crippen LogP contribution in [-0.4, -0.2) is 25.2 Å². The lowest BCUT2D eigenvalue weighted by Crippen LogP contribution is -2.18. The Morgan fingerprint density at radius 1 is 1.45 bits per heavy atom. The molecule has 3 nitrogen and oxygen atoms in total. The van der Waals surface area contributed by atoms with Gasteiger partial charge in [0, 0.05) is 40.6 Å². The summed E-state index contributed by atoms with van der Waals surface area (Å²) >= 11 is 7.01. The summed E-state index contributed by atoms with van der Waals surface area (Å²) in [5.74, 6) is 0. The third-order valence-corrected chi connectivity index (χ3v) is 5.65. The van der Waals surface area contributed by atoms with E-state index in [-0.39, 0.29) is 0 Å². The van der Waals surface area contributed by atoms with Crippen LogP contribution in [0.2, 0.25) is 0 Å². The number of aromatic nitrogens is 1. The molecule has 1 heterocycles. The van der Waals surface area contributed by atoms with E-state index in [1.54, 1.807) is 30.2 Å². The van der Waals surface area contributed by atoms with Gasteiger partial charge in [-0.1, -0.05) is 17.8 Å². The fourth-order valence-corrected chi connectivity index (χ4v) is 4.08. The highest BCUT2D eigenvalue weighted by Gasteiger charge is 2.06. The first kappa shape index (κ1) is 16.0. The van der Waals surface area contributed by atoms with Gasteiger partial charge in [-0.3, -0.25) is 0 Å². The molecule has 0 saturated carbocycles. The van der Waals surface area contributed by atoms with Gasteiger partial charge in [-0.25, -0.2) is 4.98 Å². The smallest absolute Gasteiger partial charge is 0.154 e. The molecule has 20 heavy (non-hydrogen) atoms. The van der Waals surface area contributed by atoms with E-state index < -0.39 is 0 Å². The predicted octanol–water partition coefficient (Wildman–Crippen LogP) is 4.10. The Hall–Kier alpha value is -0.400. The van der Waals surface area contributed by atoms with Gasteiger partial charge in [-0.15, -0.1) is 11.3 Å². The van der Waals surface area contributed by atoms with Crippen LogP contribution in [0.25, 0.3) is 0 Å². The van der Waals surface area contributed by atoms with E-state index in [2.05, 4.69) is 49.8 Å². The van der Waals surface area contributed by atoms with E-state index >= 15 is 0 Å². The number of benzene rings is 1. The highest BCUT2D eigenvalue weighted by molar-refractivity contribution is 9.10. The van der Waals surface area contributed by atoms with Crippen LogP contribution in [0.1, 0.15) is 11.3 Å². The molecular weight excluding hydrogens is 356 g/mol. The van der Waals surface area contributed by atoms with Gasteiger partial charge in [0.1, 0.15) is 0 Å². The van der Waals surface area contributed by atoms with Crippen LogP contribution in [-0.2, 0) is 11.3 Å². The van der Waals surface area contributed by atoms with E-state index in [0.29, 0.717) is 0 Å². The quantitative estimate of drug-likeness (QED) is 0.741. The van der Waals surface area contributed by atoms with Crippen molar-refractivity contribution >= 4 is 39.0 Å². The molecule has 0 spiro atoms. The SMILES string of the molecule is COCCNCc1ccc(Sc2nc(C)cs2)c(Br)c1. The second kappa shape index (κ2) is 8.14. The van der Waals surface area contributed by atoms with Crippen molar-refractivity contribution in [2.45, 2.75) is 22.7 Å². The average molecular weight is 373 g/mol. The second-order valence-electron chi connectivity index (χ2n) is 4.29. The summed E-state index contributed by atoms with van der Waals surface area (Å²) in [6.45, 7) is 4.47. The lowest BCUT2D eigenvalue weighted by atomic mass is 10.2. The van der Waals surface area contributed by atoms with Gasteiger partial charge in [0.15, 0.2) is 4.34 Å². The zero-order chi connectivity index (χ0) is 14.4. The fourth-order valence-electron chi connectivity index (χ4n) is 1.62. The van der Waals surface area contributed by atoms with E-state index in [1.165, 1.54) is 10.5 Å². The molecular formula is C14H17BrN2OS2. The number of nitrogens with zero attached hydrogens (tertiary/aromatic N) is 1. The Morgan fingerprint density at radius 3 is 2.95 bits per heavy atom. The summed E-state index contributed by atoms with van der Waals surface area (Å²) in [6.07, 6.45) is 0. The first-order valence-electron chi connectivity index (χ1n) is 6.27. The van der Waals surface area contributed by atoms with Gasteiger partial charge in [0.2, 0.25) is 0 Å². The third-order valence-electron chi connectivity index (χ3n) is 2.60. The number of hydrogen-bond acceptors (Lipinski definition) is 5. The highest BCUT2D eigenvalue weighted by Crippen LogP contribution is 2.35. The van der Waals surface area contributed by atoms with Gasteiger partial charge < -0.3 is 10.1 Å². The molecule has 0 aliphatic carbocycles. The van der Waals surface area contributed by atoms with E-state index in [1.807, 2.05) is 6.92 Å². The Kier molecular flexibility index (Phi) is 6.51. The molecule has 2 rings (SSSR count). The van der Waals surface area contributed by atoms with Crippen LogP contribution < -0.4 is 5.32 Å². The maximum Gasteiger partial charge on any atom is 0.154 e. The molecule has 1 aromatic heterocycles. The summed E-state index contributed by atoms with van der Waals surface area (Å²) in [4.78, 5) is 5.67. The van der Waals surface area contributed by atoms with Crippen LogP contribution in [0.3, 0.4) is 0 Å². The van der Waals surface area contributed by atoms with Crippen molar-refractivity contribution in [3.8, 4) is 0 Å². The lowest BCUT2D eigenvalue weighted by Gasteiger charge is -2.07. The van der Waals surface area contributed by atoms with Gasteiger partial charge in [-0.2, -0.15) is 0 Å². The molecule has 1 N–H and O–H groups in total. The van der Waals surface area contributed by atoms with Crippen LogP contribution in [0.4, 0.5) is 0 Å². The number of aryl methyl sites for hydroxylation is 1. The first-order chi connectivity index (χ1) is 9.69. The van der Waals surface area contributed by atoms with Crippen molar-refractivity contribution in [2.75, 3.05) is 20.3 Å². The van der Waals surface area contributed by atoms with Crippen molar-refractivity contribution in [1.29, 1.82) is 0 Å². The first-order valence-corrected chi connectivity index (χ1v) is 8.76. The summed E-state index contributed by atoms with van der Waals surface area (Å²) in [7, 11) is 1.71. The normalized spacial score (nSPS) is 10.9. The van der Waals surface area contributed by atoms with Crippen molar-refractivity contribution in [3.05, 3.63) is 39.3 Å². The van der Waals surface area contributed by atoms with E-state index in [0.717, 1.165) is 34.2 Å². The fraction of sp³-hybridized carbons (Fsp3) is 0.357. The minimum atomic E-state index is 0.735. The highest BCUT2D eigenvalue weighted by atomic mass is 79.9. The third kappa shape index (κ3) is 4.86. The largest absolute Gasteiger partial charge is 0.383 e. The minimum absolute atomic E-state index is 0.735. The van der Waals surface area contributed by atoms with Crippen LogP contribution >= 0.6 is 39.0 Å². The number of ether oxygens (including phenoxy) is 1. The number of methoxy groups -OCH3 is 1. The monoisotopic (exact) mass is 372 g/mol. The molecule has 0 saturated heterocycles. The molecule has 0 unspecified atom stereocenters. The van der Waals surface area contributed by atoms with Crippen molar-refractivity contribution in [2.24, 2.45) is 0 Å². The summed E-state index contributed by atoms with van der Waals surface area (Å²) in [6, 6.07) is 6.44. The summed E-state index contributed by atoms with van der Waals surface area (Å²) in [5.41, 5.74) is 2.33. The zero-order valence-electron chi connectivity index (χ0n) is 11.5. The number of thiazole rings is 1. The minimum Gasteiger partial charge on any atom is -0.383 e. The number of rotatable bonds is 7. The standard InChI is InChI=1S/C14H17BrN2OS2/c1-10-9-19-14(17-10)20-13-4-3-11(7-12(13)15)8-16-5-6-18-2/h3-4,7,9,16H,5-6,8H2,1-2H3. The molecule has 0 aliphatic rings. The molecule has 0 fully saturated rings. The summed E-state index contributed by atoms with van der Waals surface area (Å²) < 4.78 is 7.20. The molecule has 0 bridgehead atoms. The molecule has 1 aromatic carbocycles. The second-order valence-corrected chi connectivity index (χ2v) is 7.29. The molecule has 108 valence electrons. The Labute approximate surface area is 136 Å². The van der Waals surface area contributed by atoms with Gasteiger partial charge in [-0.05, 0) is 40.5 Å². The molecule has 6 heteroatoms. The predicted molar refractivity (Wildman–Crippen MR) is 88.7 cm³/mol. The number of nitrogens with one attached hydrogen (secondary N) is 1. The molecule has 0 amide bonds. The van der Waals surface area contributed by atoms with Gasteiger partial charge in [0.25, 0.3) is 0 Å². The molecule has 0 radical (unpaired) electrons. The van der Waals surface area contributed by atoms with Gasteiger partial charge >= 0.3 is 0 Å². The maximum absolute atomic E-state index is 5.01. The lowest BCUT2D eigenvalue weighted by molar-refractivity contribution is 0.199. The Bertz CT molecular complexity index is 560. The molecule has 0 atom stereocenters. The Balaban J connectivity index is 1.95.